The van der Waals surface area contributed by atoms with Gasteiger partial charge in [0.2, 0.25) is 10.0 Å². The molecule has 0 spiro atoms. The first kappa shape index (κ1) is 26.9. The summed E-state index contributed by atoms with van der Waals surface area (Å²) in [6.07, 6.45) is 4.85. The van der Waals surface area contributed by atoms with Crippen molar-refractivity contribution in [3.63, 3.8) is 0 Å². The molecule has 1 fully saturated rings. The molecule has 2 heterocycles. The first-order valence-corrected chi connectivity index (χ1v) is 15.2. The zero-order valence-corrected chi connectivity index (χ0v) is 23.9. The number of hydrogen-bond acceptors (Lipinski definition) is 6. The molecule has 5 rings (SSSR count). The number of aromatic nitrogens is 2. The fraction of sp³-hybridized carbons (Fsp3) is 0.296. The predicted molar refractivity (Wildman–Crippen MR) is 152 cm³/mol. The van der Waals surface area contributed by atoms with Crippen LogP contribution < -0.4 is 14.9 Å². The summed E-state index contributed by atoms with van der Waals surface area (Å²) in [5, 5.41) is 10.8. The van der Waals surface area contributed by atoms with Gasteiger partial charge in [0.1, 0.15) is 5.69 Å². The highest BCUT2D eigenvalue weighted by molar-refractivity contribution is 9.10. The molecular formula is C27H28BrN5O5S. The standard InChI is InChI=1S/C27H28BrN5O5S/c1-29-27(35)25-21-15-20(17-6-7-17)23(16-22(21)31-33(25)19-10-8-18(28)9-11-19)32(39(2,36)37)13-4-12-30-26(34)24-5-3-14-38-24/h3,5,8-11,14-17H,4,6-7,12-13H2,1-2H3,(H,29,35)(H,30,34). The number of sulfonamides is 1. The summed E-state index contributed by atoms with van der Waals surface area (Å²) < 4.78 is 34.9. The Labute approximate surface area is 234 Å². The van der Waals surface area contributed by atoms with Crippen molar-refractivity contribution in [2.75, 3.05) is 30.7 Å². The summed E-state index contributed by atoms with van der Waals surface area (Å²) in [6.45, 7) is 0.434. The number of amides is 2. The molecule has 0 unspecified atom stereocenters. The predicted octanol–water partition coefficient (Wildman–Crippen LogP) is 4.20. The van der Waals surface area contributed by atoms with Crippen LogP contribution in [0.15, 0.2) is 63.7 Å². The van der Waals surface area contributed by atoms with Crippen molar-refractivity contribution in [1.82, 2.24) is 20.4 Å². The number of nitrogens with one attached hydrogen (secondary N) is 2. The molecule has 39 heavy (non-hydrogen) atoms. The van der Waals surface area contributed by atoms with Gasteiger partial charge in [-0.1, -0.05) is 15.9 Å². The van der Waals surface area contributed by atoms with E-state index >= 15 is 0 Å². The van der Waals surface area contributed by atoms with Gasteiger partial charge in [-0.2, -0.15) is 5.10 Å². The average Bonchev–Trinajstić information content (AvgIpc) is 3.46. The topological polar surface area (TPSA) is 127 Å². The minimum absolute atomic E-state index is 0.165. The van der Waals surface area contributed by atoms with Crippen LogP contribution in [0.1, 0.15) is 51.8 Å². The number of furan rings is 1. The third kappa shape index (κ3) is 5.71. The Hall–Kier alpha value is -3.64. The molecule has 2 N–H and O–H groups in total. The fourth-order valence-electron chi connectivity index (χ4n) is 4.57. The molecule has 2 aromatic heterocycles. The van der Waals surface area contributed by atoms with Gasteiger partial charge in [-0.15, -0.1) is 0 Å². The molecule has 1 saturated carbocycles. The lowest BCUT2D eigenvalue weighted by molar-refractivity contribution is 0.0924. The van der Waals surface area contributed by atoms with Crippen molar-refractivity contribution in [3.8, 4) is 5.69 Å². The third-order valence-electron chi connectivity index (χ3n) is 6.59. The maximum absolute atomic E-state index is 13.0. The van der Waals surface area contributed by atoms with Crippen LogP contribution in [0, 0.1) is 0 Å². The summed E-state index contributed by atoms with van der Waals surface area (Å²) in [6, 6.07) is 14.3. The Balaban J connectivity index is 1.52. The van der Waals surface area contributed by atoms with Crippen LogP contribution in [0.2, 0.25) is 0 Å². The summed E-state index contributed by atoms with van der Waals surface area (Å²) in [5.74, 6) is -0.251. The number of carbonyl (C=O) groups is 2. The largest absolute Gasteiger partial charge is 0.459 e. The molecular weight excluding hydrogens is 586 g/mol. The van der Waals surface area contributed by atoms with Crippen LogP contribution in [-0.4, -0.2) is 56.4 Å². The minimum atomic E-state index is -3.66. The molecule has 204 valence electrons. The van der Waals surface area contributed by atoms with E-state index in [0.717, 1.165) is 22.9 Å². The fourth-order valence-corrected chi connectivity index (χ4v) is 5.81. The average molecular weight is 615 g/mol. The van der Waals surface area contributed by atoms with Crippen molar-refractivity contribution in [2.24, 2.45) is 0 Å². The number of anilines is 1. The quantitative estimate of drug-likeness (QED) is 0.258. The van der Waals surface area contributed by atoms with Crippen LogP contribution in [0.5, 0.6) is 0 Å². The van der Waals surface area contributed by atoms with Gasteiger partial charge < -0.3 is 15.1 Å². The molecule has 12 heteroatoms. The molecule has 2 amide bonds. The van der Waals surface area contributed by atoms with E-state index in [2.05, 4.69) is 26.6 Å². The zero-order valence-electron chi connectivity index (χ0n) is 21.5. The van der Waals surface area contributed by atoms with E-state index < -0.39 is 10.0 Å². The molecule has 0 saturated heterocycles. The third-order valence-corrected chi connectivity index (χ3v) is 8.30. The molecule has 1 aliphatic carbocycles. The van der Waals surface area contributed by atoms with Gasteiger partial charge in [0.25, 0.3) is 11.8 Å². The summed E-state index contributed by atoms with van der Waals surface area (Å²) in [4.78, 5) is 25.2. The molecule has 2 aromatic carbocycles. The lowest BCUT2D eigenvalue weighted by atomic mass is 10.0. The second-order valence-corrected chi connectivity index (χ2v) is 12.3. The number of rotatable bonds is 10. The number of benzene rings is 2. The molecule has 1 aliphatic rings. The Morgan fingerprint density at radius 2 is 1.90 bits per heavy atom. The monoisotopic (exact) mass is 613 g/mol. The number of nitrogens with zero attached hydrogens (tertiary/aromatic N) is 3. The highest BCUT2D eigenvalue weighted by Gasteiger charge is 2.32. The molecule has 0 aliphatic heterocycles. The molecule has 0 radical (unpaired) electrons. The van der Waals surface area contributed by atoms with E-state index in [-0.39, 0.29) is 36.6 Å². The van der Waals surface area contributed by atoms with E-state index in [0.29, 0.717) is 34.4 Å². The van der Waals surface area contributed by atoms with Gasteiger partial charge in [0.05, 0.1) is 29.4 Å². The SMILES string of the molecule is CNC(=O)c1c2cc(C3CC3)c(N(CCCNC(=O)c3ccco3)S(C)(=O)=O)cc2nn1-c1ccc(Br)cc1. The van der Waals surface area contributed by atoms with Crippen LogP contribution in [0.4, 0.5) is 5.69 Å². The molecule has 4 aromatic rings. The Kier molecular flexibility index (Phi) is 7.50. The lowest BCUT2D eigenvalue weighted by Crippen LogP contribution is -2.34. The lowest BCUT2D eigenvalue weighted by Gasteiger charge is -2.25. The maximum Gasteiger partial charge on any atom is 0.286 e. The minimum Gasteiger partial charge on any atom is -0.459 e. The van der Waals surface area contributed by atoms with Crippen molar-refractivity contribution >= 4 is 54.4 Å². The molecule has 0 atom stereocenters. The maximum atomic E-state index is 13.0. The highest BCUT2D eigenvalue weighted by Crippen LogP contribution is 2.46. The van der Waals surface area contributed by atoms with Gasteiger partial charge in [0, 0.05) is 30.0 Å². The van der Waals surface area contributed by atoms with Gasteiger partial charge in [-0.3, -0.25) is 13.9 Å². The van der Waals surface area contributed by atoms with Crippen molar-refractivity contribution < 1.29 is 22.4 Å². The smallest absolute Gasteiger partial charge is 0.286 e. The second kappa shape index (κ2) is 10.9. The van der Waals surface area contributed by atoms with Gasteiger partial charge in [-0.05, 0) is 79.3 Å². The first-order chi connectivity index (χ1) is 18.7. The molecule has 0 bridgehead atoms. The van der Waals surface area contributed by atoms with E-state index in [1.807, 2.05) is 30.3 Å². The van der Waals surface area contributed by atoms with E-state index in [1.54, 1.807) is 29.9 Å². The normalized spacial score (nSPS) is 13.4. The van der Waals surface area contributed by atoms with E-state index in [9.17, 15) is 18.0 Å². The first-order valence-electron chi connectivity index (χ1n) is 12.5. The van der Waals surface area contributed by atoms with Crippen LogP contribution in [-0.2, 0) is 10.0 Å². The van der Waals surface area contributed by atoms with Crippen molar-refractivity contribution in [2.45, 2.75) is 25.2 Å². The number of halogens is 1. The highest BCUT2D eigenvalue weighted by atomic mass is 79.9. The van der Waals surface area contributed by atoms with Crippen LogP contribution in [0.25, 0.3) is 16.6 Å². The summed E-state index contributed by atoms with van der Waals surface area (Å²) in [7, 11) is -2.09. The Morgan fingerprint density at radius 3 is 2.51 bits per heavy atom. The Morgan fingerprint density at radius 1 is 1.15 bits per heavy atom. The number of fused-ring (bicyclic) bond motifs is 1. The van der Waals surface area contributed by atoms with E-state index in [1.165, 1.54) is 16.8 Å². The van der Waals surface area contributed by atoms with Crippen molar-refractivity contribution in [1.29, 1.82) is 0 Å². The second-order valence-electron chi connectivity index (χ2n) is 9.44. The van der Waals surface area contributed by atoms with Gasteiger partial charge in [-0.25, -0.2) is 13.1 Å². The van der Waals surface area contributed by atoms with Crippen LogP contribution in [0.3, 0.4) is 0 Å². The summed E-state index contributed by atoms with van der Waals surface area (Å²) in [5.41, 5.74) is 3.02. The molecule has 10 nitrogen and oxygen atoms in total. The van der Waals surface area contributed by atoms with Gasteiger partial charge >= 0.3 is 0 Å². The van der Waals surface area contributed by atoms with Gasteiger partial charge in [0.15, 0.2) is 5.76 Å². The Bertz CT molecular complexity index is 1630. The zero-order chi connectivity index (χ0) is 27.7. The number of carbonyl (C=O) groups excluding carboxylic acids is 2. The van der Waals surface area contributed by atoms with Crippen LogP contribution >= 0.6 is 15.9 Å². The van der Waals surface area contributed by atoms with Crippen molar-refractivity contribution in [3.05, 3.63) is 76.3 Å². The number of hydrogen-bond donors (Lipinski definition) is 2. The summed E-state index contributed by atoms with van der Waals surface area (Å²) >= 11 is 3.43. The van der Waals surface area contributed by atoms with E-state index in [4.69, 9.17) is 9.52 Å².